The van der Waals surface area contributed by atoms with Crippen LogP contribution >= 0.6 is 0 Å². The van der Waals surface area contributed by atoms with E-state index < -0.39 is 0 Å². The second-order valence-corrected chi connectivity index (χ2v) is 7.36. The second-order valence-electron chi connectivity index (χ2n) is 7.36. The summed E-state index contributed by atoms with van der Waals surface area (Å²) in [7, 11) is 0. The Labute approximate surface area is 146 Å². The number of carbonyl (C=O) groups is 1. The van der Waals surface area contributed by atoms with E-state index >= 15 is 0 Å². The lowest BCUT2D eigenvalue weighted by atomic mass is 10.0. The van der Waals surface area contributed by atoms with Crippen molar-refractivity contribution >= 4 is 5.78 Å². The summed E-state index contributed by atoms with van der Waals surface area (Å²) < 4.78 is 0. The molecule has 0 heterocycles. The number of rotatable bonds is 18. The fourth-order valence-corrected chi connectivity index (χ4v) is 2.88. The number of Topliss-reactive ketones (excluding diaryl/α,β-unsaturated/α-hetero) is 1. The number of ketones is 1. The minimum Gasteiger partial charge on any atom is -0.317 e. The van der Waals surface area contributed by atoms with Crippen molar-refractivity contribution in [3.8, 4) is 0 Å². The van der Waals surface area contributed by atoms with Gasteiger partial charge < -0.3 is 5.32 Å². The van der Waals surface area contributed by atoms with Crippen molar-refractivity contribution in [3.05, 3.63) is 0 Å². The molecule has 0 atom stereocenters. The number of carbonyl (C=O) groups excluding carboxylic acids is 1. The van der Waals surface area contributed by atoms with Gasteiger partial charge in [0, 0.05) is 12.3 Å². The summed E-state index contributed by atoms with van der Waals surface area (Å²) in [6.45, 7) is 8.66. The number of unbranched alkanes of at least 4 members (excludes halogenated alkanes) is 11. The fourth-order valence-electron chi connectivity index (χ4n) is 2.88. The maximum absolute atomic E-state index is 11.5. The Kier molecular flexibility index (Phi) is 17.7. The van der Waals surface area contributed by atoms with E-state index in [0.29, 0.717) is 5.78 Å². The van der Waals surface area contributed by atoms with Gasteiger partial charge >= 0.3 is 0 Å². The molecule has 0 saturated carbocycles. The molecule has 0 aliphatic carbocycles. The zero-order valence-corrected chi connectivity index (χ0v) is 16.3. The molecule has 0 aromatic heterocycles. The first-order valence-electron chi connectivity index (χ1n) is 10.4. The van der Waals surface area contributed by atoms with Gasteiger partial charge in [-0.2, -0.15) is 0 Å². The quantitative estimate of drug-likeness (QED) is 0.300. The molecule has 0 amide bonds. The molecule has 138 valence electrons. The largest absolute Gasteiger partial charge is 0.317 e. The highest BCUT2D eigenvalue weighted by atomic mass is 16.1. The molecule has 2 nitrogen and oxygen atoms in total. The van der Waals surface area contributed by atoms with Crippen LogP contribution < -0.4 is 5.32 Å². The summed E-state index contributed by atoms with van der Waals surface area (Å²) in [6, 6.07) is 0. The van der Waals surface area contributed by atoms with Crippen molar-refractivity contribution in [2.45, 2.75) is 111 Å². The van der Waals surface area contributed by atoms with Crippen LogP contribution in [-0.2, 0) is 4.79 Å². The molecule has 23 heavy (non-hydrogen) atoms. The lowest BCUT2D eigenvalue weighted by Gasteiger charge is -2.06. The normalized spacial score (nSPS) is 11.3. The molecular weight excluding hydrogens is 282 g/mol. The zero-order valence-electron chi connectivity index (χ0n) is 16.3. The third-order valence-electron chi connectivity index (χ3n) is 4.63. The van der Waals surface area contributed by atoms with Crippen LogP contribution in [0.1, 0.15) is 111 Å². The Morgan fingerprint density at radius 3 is 1.61 bits per heavy atom. The Morgan fingerprint density at radius 2 is 1.13 bits per heavy atom. The summed E-state index contributed by atoms with van der Waals surface area (Å²) in [5, 5.41) is 3.57. The molecule has 0 aliphatic heterocycles. The van der Waals surface area contributed by atoms with Gasteiger partial charge in [0.25, 0.3) is 0 Å². The minimum atomic E-state index is 0.220. The van der Waals surface area contributed by atoms with E-state index in [4.69, 9.17) is 0 Å². The van der Waals surface area contributed by atoms with Gasteiger partial charge in [-0.05, 0) is 32.4 Å². The van der Waals surface area contributed by atoms with Crippen molar-refractivity contribution in [2.75, 3.05) is 13.1 Å². The van der Waals surface area contributed by atoms with E-state index in [0.717, 1.165) is 12.8 Å². The lowest BCUT2D eigenvalue weighted by molar-refractivity contribution is -0.122. The highest BCUT2D eigenvalue weighted by molar-refractivity contribution is 5.80. The molecular formula is C21H43NO. The van der Waals surface area contributed by atoms with Crippen LogP contribution in [0.2, 0.25) is 0 Å². The molecule has 0 spiro atoms. The maximum Gasteiger partial charge on any atom is 0.135 e. The first-order chi connectivity index (χ1) is 11.2. The minimum absolute atomic E-state index is 0.220. The van der Waals surface area contributed by atoms with E-state index in [-0.39, 0.29) is 5.92 Å². The molecule has 0 aromatic rings. The Hall–Kier alpha value is -0.370. The van der Waals surface area contributed by atoms with Gasteiger partial charge in [-0.15, -0.1) is 0 Å². The Morgan fingerprint density at radius 1 is 0.696 bits per heavy atom. The molecule has 0 aliphatic rings. The molecule has 0 bridgehead atoms. The number of nitrogens with one attached hydrogen (secondary N) is 1. The second kappa shape index (κ2) is 18.0. The molecule has 0 aromatic carbocycles. The summed E-state index contributed by atoms with van der Waals surface area (Å²) >= 11 is 0. The van der Waals surface area contributed by atoms with Crippen LogP contribution in [0, 0.1) is 5.92 Å². The third-order valence-corrected chi connectivity index (χ3v) is 4.63. The van der Waals surface area contributed by atoms with Gasteiger partial charge in [-0.1, -0.05) is 85.0 Å². The first kappa shape index (κ1) is 22.6. The molecule has 0 saturated heterocycles. The first-order valence-corrected chi connectivity index (χ1v) is 10.4. The average molecular weight is 326 g/mol. The van der Waals surface area contributed by atoms with Gasteiger partial charge in [0.2, 0.25) is 0 Å². The van der Waals surface area contributed by atoms with Crippen LogP contribution in [0.5, 0.6) is 0 Å². The number of hydrogen-bond donors (Lipinski definition) is 1. The van der Waals surface area contributed by atoms with E-state index in [9.17, 15) is 4.79 Å². The number of hydrogen-bond acceptors (Lipinski definition) is 2. The van der Waals surface area contributed by atoms with Crippen LogP contribution in [0.4, 0.5) is 0 Å². The van der Waals surface area contributed by atoms with Crippen LogP contribution in [0.3, 0.4) is 0 Å². The highest BCUT2D eigenvalue weighted by Gasteiger charge is 2.05. The van der Waals surface area contributed by atoms with Crippen molar-refractivity contribution in [1.29, 1.82) is 0 Å². The van der Waals surface area contributed by atoms with Crippen LogP contribution in [0.25, 0.3) is 0 Å². The maximum atomic E-state index is 11.5. The predicted molar refractivity (Wildman–Crippen MR) is 103 cm³/mol. The zero-order chi connectivity index (χ0) is 17.2. The summed E-state index contributed by atoms with van der Waals surface area (Å²) in [5.41, 5.74) is 0. The van der Waals surface area contributed by atoms with Crippen molar-refractivity contribution in [3.63, 3.8) is 0 Å². The molecule has 2 heteroatoms. The topological polar surface area (TPSA) is 29.1 Å². The van der Waals surface area contributed by atoms with E-state index in [2.05, 4.69) is 12.2 Å². The molecule has 0 unspecified atom stereocenters. The van der Waals surface area contributed by atoms with Gasteiger partial charge in [-0.3, -0.25) is 4.79 Å². The predicted octanol–water partition coefficient (Wildman–Crippen LogP) is 6.28. The average Bonchev–Trinajstić information content (AvgIpc) is 2.54. The van der Waals surface area contributed by atoms with Gasteiger partial charge in [0.15, 0.2) is 0 Å². The van der Waals surface area contributed by atoms with Crippen LogP contribution in [-0.4, -0.2) is 18.9 Å². The fraction of sp³-hybridized carbons (Fsp3) is 0.952. The summed E-state index contributed by atoms with van der Waals surface area (Å²) in [4.78, 5) is 11.5. The van der Waals surface area contributed by atoms with E-state index in [1.165, 1.54) is 90.1 Å². The molecule has 0 radical (unpaired) electrons. The highest BCUT2D eigenvalue weighted by Crippen LogP contribution is 2.10. The van der Waals surface area contributed by atoms with Crippen molar-refractivity contribution in [2.24, 2.45) is 5.92 Å². The van der Waals surface area contributed by atoms with Gasteiger partial charge in [0.05, 0.1) is 0 Å². The lowest BCUT2D eigenvalue weighted by Crippen LogP contribution is -2.16. The summed E-state index contributed by atoms with van der Waals surface area (Å²) in [5.74, 6) is 0.650. The third kappa shape index (κ3) is 17.8. The van der Waals surface area contributed by atoms with Gasteiger partial charge in [0.1, 0.15) is 5.78 Å². The standard InChI is InChI=1S/C21H43NO/c1-4-5-6-7-9-12-15-18-22-19-16-13-10-8-11-14-17-21(23)20(2)3/h20,22H,4-19H2,1-3H3. The molecule has 0 rings (SSSR count). The Balaban J connectivity index is 3.04. The Bertz CT molecular complexity index is 250. The van der Waals surface area contributed by atoms with Crippen molar-refractivity contribution in [1.82, 2.24) is 5.32 Å². The smallest absolute Gasteiger partial charge is 0.135 e. The SMILES string of the molecule is CCCCCCCCCNCCCCCCCCC(=O)C(C)C. The van der Waals surface area contributed by atoms with E-state index in [1.54, 1.807) is 0 Å². The van der Waals surface area contributed by atoms with E-state index in [1.807, 2.05) is 13.8 Å². The molecule has 1 N–H and O–H groups in total. The molecule has 0 fully saturated rings. The van der Waals surface area contributed by atoms with Gasteiger partial charge in [-0.25, -0.2) is 0 Å². The van der Waals surface area contributed by atoms with Crippen LogP contribution in [0.15, 0.2) is 0 Å². The summed E-state index contributed by atoms with van der Waals surface area (Å²) in [6.07, 6.45) is 18.1. The monoisotopic (exact) mass is 325 g/mol. The van der Waals surface area contributed by atoms with Crippen molar-refractivity contribution < 1.29 is 4.79 Å².